The van der Waals surface area contributed by atoms with Crippen molar-refractivity contribution in [2.75, 3.05) is 33.8 Å². The first-order valence-electron chi connectivity index (χ1n) is 7.22. The first kappa shape index (κ1) is 21.6. The Bertz CT molecular complexity index is 486. The lowest BCUT2D eigenvalue weighted by Gasteiger charge is -2.20. The van der Waals surface area contributed by atoms with E-state index in [1.807, 2.05) is 0 Å². The molecule has 0 bridgehead atoms. The lowest BCUT2D eigenvalue weighted by molar-refractivity contribution is -0.140. The Morgan fingerprint density at radius 1 is 1.17 bits per heavy atom. The number of rotatable bonds is 9. The van der Waals surface area contributed by atoms with Crippen LogP contribution in [0.25, 0.3) is 0 Å². The zero-order valence-electron chi connectivity index (χ0n) is 14.3. The van der Waals surface area contributed by atoms with Crippen molar-refractivity contribution < 1.29 is 27.5 Å². The summed E-state index contributed by atoms with van der Waals surface area (Å²) in [7, 11) is -1.05. The van der Waals surface area contributed by atoms with Crippen molar-refractivity contribution in [1.29, 1.82) is 0 Å². The highest BCUT2D eigenvalue weighted by atomic mass is 32.2. The van der Waals surface area contributed by atoms with Crippen molar-refractivity contribution in [1.82, 2.24) is 14.3 Å². The third-order valence-electron chi connectivity index (χ3n) is 2.58. The zero-order valence-corrected chi connectivity index (χ0v) is 15.2. The van der Waals surface area contributed by atoms with Crippen LogP contribution in [0.5, 0.6) is 0 Å². The molecule has 0 aliphatic heterocycles. The molecule has 0 rings (SSSR count). The van der Waals surface area contributed by atoms with Gasteiger partial charge in [0.1, 0.15) is 5.60 Å². The Hall–Kier alpha value is -1.39. The molecule has 0 aromatic rings. The Balaban J connectivity index is 3.98. The van der Waals surface area contributed by atoms with Gasteiger partial charge in [-0.3, -0.25) is 4.79 Å². The van der Waals surface area contributed by atoms with E-state index in [0.29, 0.717) is 6.42 Å². The van der Waals surface area contributed by atoms with Crippen LogP contribution in [0.4, 0.5) is 4.79 Å². The maximum atomic E-state index is 11.9. The molecule has 0 radical (unpaired) electrons. The summed E-state index contributed by atoms with van der Waals surface area (Å²) in [6.45, 7) is 5.72. The van der Waals surface area contributed by atoms with Gasteiger partial charge in [-0.05, 0) is 27.2 Å². The highest BCUT2D eigenvalue weighted by molar-refractivity contribution is 7.87. The first-order valence-corrected chi connectivity index (χ1v) is 8.66. The average molecular weight is 353 g/mol. The number of ether oxygens (including phenoxy) is 2. The SMILES string of the molecule is COC(=O)CCN(C)S(=O)(=O)NCCCNC(=O)OC(C)(C)C. The van der Waals surface area contributed by atoms with Crippen molar-refractivity contribution in [3.63, 3.8) is 0 Å². The molecule has 0 atom stereocenters. The summed E-state index contributed by atoms with van der Waals surface area (Å²) in [6.07, 6.45) is -0.159. The van der Waals surface area contributed by atoms with Gasteiger partial charge < -0.3 is 14.8 Å². The topological polar surface area (TPSA) is 114 Å². The number of esters is 1. The lowest BCUT2D eigenvalue weighted by Crippen LogP contribution is -2.40. The minimum Gasteiger partial charge on any atom is -0.469 e. The Morgan fingerprint density at radius 3 is 2.30 bits per heavy atom. The van der Waals surface area contributed by atoms with Gasteiger partial charge in [-0.25, -0.2) is 9.52 Å². The van der Waals surface area contributed by atoms with Crippen LogP contribution >= 0.6 is 0 Å². The molecule has 0 saturated carbocycles. The zero-order chi connectivity index (χ0) is 18.1. The Morgan fingerprint density at radius 2 is 1.78 bits per heavy atom. The molecule has 0 aliphatic rings. The number of carbonyl (C=O) groups excluding carboxylic acids is 2. The molecule has 2 N–H and O–H groups in total. The van der Waals surface area contributed by atoms with Crippen LogP contribution in [0, 0.1) is 0 Å². The smallest absolute Gasteiger partial charge is 0.407 e. The highest BCUT2D eigenvalue weighted by Crippen LogP contribution is 2.06. The van der Waals surface area contributed by atoms with Gasteiger partial charge in [-0.2, -0.15) is 12.7 Å². The van der Waals surface area contributed by atoms with E-state index < -0.39 is 27.9 Å². The molecule has 0 spiro atoms. The number of nitrogens with one attached hydrogen (secondary N) is 2. The van der Waals surface area contributed by atoms with Gasteiger partial charge in [0, 0.05) is 26.7 Å². The van der Waals surface area contributed by atoms with Crippen LogP contribution in [0.3, 0.4) is 0 Å². The molecular formula is C13H27N3O6S. The standard InChI is InChI=1S/C13H27N3O6S/c1-13(2,3)22-12(18)14-8-6-9-15-23(19,20)16(4)10-7-11(17)21-5/h15H,6-10H2,1-5H3,(H,14,18). The molecule has 10 heteroatoms. The summed E-state index contributed by atoms with van der Waals surface area (Å²) < 4.78 is 36.6. The molecule has 0 unspecified atom stereocenters. The van der Waals surface area contributed by atoms with Crippen LogP contribution < -0.4 is 10.0 Å². The van der Waals surface area contributed by atoms with Gasteiger partial charge in [-0.1, -0.05) is 0 Å². The summed E-state index contributed by atoms with van der Waals surface area (Å²) in [4.78, 5) is 22.4. The second-order valence-corrected chi connectivity index (χ2v) is 7.69. The molecule has 0 saturated heterocycles. The van der Waals surface area contributed by atoms with Gasteiger partial charge in [0.2, 0.25) is 0 Å². The maximum Gasteiger partial charge on any atom is 0.407 e. The van der Waals surface area contributed by atoms with Crippen LogP contribution in [-0.4, -0.2) is 64.2 Å². The third kappa shape index (κ3) is 10.9. The largest absolute Gasteiger partial charge is 0.469 e. The van der Waals surface area contributed by atoms with Crippen LogP contribution in [0.2, 0.25) is 0 Å². The van der Waals surface area contributed by atoms with Gasteiger partial charge in [0.25, 0.3) is 10.2 Å². The fourth-order valence-electron chi connectivity index (χ4n) is 1.38. The van der Waals surface area contributed by atoms with Crippen LogP contribution in [0.15, 0.2) is 0 Å². The van der Waals surface area contributed by atoms with Crippen LogP contribution in [-0.2, 0) is 24.5 Å². The summed E-state index contributed by atoms with van der Waals surface area (Å²) >= 11 is 0. The first-order chi connectivity index (χ1) is 10.5. The van der Waals surface area contributed by atoms with Crippen molar-refractivity contribution in [3.05, 3.63) is 0 Å². The number of alkyl carbamates (subject to hydrolysis) is 1. The molecule has 0 aromatic carbocycles. The van der Waals surface area contributed by atoms with Gasteiger partial charge in [-0.15, -0.1) is 0 Å². The summed E-state index contributed by atoms with van der Waals surface area (Å²) in [5.41, 5.74) is -0.575. The van der Waals surface area contributed by atoms with Crippen molar-refractivity contribution in [2.45, 2.75) is 39.2 Å². The van der Waals surface area contributed by atoms with E-state index >= 15 is 0 Å². The maximum absolute atomic E-state index is 11.9. The van der Waals surface area contributed by atoms with Crippen LogP contribution in [0.1, 0.15) is 33.6 Å². The molecule has 23 heavy (non-hydrogen) atoms. The van der Waals surface area contributed by atoms with Crippen molar-refractivity contribution in [3.8, 4) is 0 Å². The summed E-state index contributed by atoms with van der Waals surface area (Å²) in [5, 5.41) is 2.53. The van der Waals surface area contributed by atoms with E-state index in [-0.39, 0.29) is 26.1 Å². The molecule has 0 aliphatic carbocycles. The fourth-order valence-corrected chi connectivity index (χ4v) is 2.33. The summed E-state index contributed by atoms with van der Waals surface area (Å²) in [6, 6.07) is 0. The molecule has 136 valence electrons. The van der Waals surface area contributed by atoms with Gasteiger partial charge >= 0.3 is 12.1 Å². The minimum absolute atomic E-state index is 0.0197. The molecule has 0 heterocycles. The second kappa shape index (κ2) is 9.68. The van der Waals surface area contributed by atoms with E-state index in [0.717, 1.165) is 4.31 Å². The molecule has 9 nitrogen and oxygen atoms in total. The molecular weight excluding hydrogens is 326 g/mol. The number of hydrogen-bond acceptors (Lipinski definition) is 6. The van der Waals surface area contributed by atoms with E-state index in [1.165, 1.54) is 14.2 Å². The Kier molecular flexibility index (Phi) is 9.10. The van der Waals surface area contributed by atoms with Crippen molar-refractivity contribution in [2.24, 2.45) is 0 Å². The Labute approximate surface area is 137 Å². The van der Waals surface area contributed by atoms with Gasteiger partial charge in [0.05, 0.1) is 13.5 Å². The number of hydrogen-bond donors (Lipinski definition) is 2. The summed E-state index contributed by atoms with van der Waals surface area (Å²) in [5.74, 6) is -0.478. The second-order valence-electron chi connectivity index (χ2n) is 5.83. The third-order valence-corrected chi connectivity index (χ3v) is 4.15. The quantitative estimate of drug-likeness (QED) is 0.453. The minimum atomic E-state index is -3.66. The van der Waals surface area contributed by atoms with E-state index in [1.54, 1.807) is 20.8 Å². The predicted octanol–water partition coefficient (Wildman–Crippen LogP) is 0.231. The predicted molar refractivity (Wildman–Crippen MR) is 85.0 cm³/mol. The highest BCUT2D eigenvalue weighted by Gasteiger charge is 2.18. The number of amides is 1. The van der Waals surface area contributed by atoms with E-state index in [2.05, 4.69) is 14.8 Å². The normalized spacial score (nSPS) is 12.1. The fraction of sp³-hybridized carbons (Fsp3) is 0.846. The van der Waals surface area contributed by atoms with Gasteiger partial charge in [0.15, 0.2) is 0 Å². The number of methoxy groups -OCH3 is 1. The number of nitrogens with zero attached hydrogens (tertiary/aromatic N) is 1. The average Bonchev–Trinajstić information content (AvgIpc) is 2.41. The van der Waals surface area contributed by atoms with E-state index in [9.17, 15) is 18.0 Å². The monoisotopic (exact) mass is 353 g/mol. The molecule has 0 aromatic heterocycles. The van der Waals surface area contributed by atoms with E-state index in [4.69, 9.17) is 4.74 Å². The van der Waals surface area contributed by atoms with Crippen molar-refractivity contribution >= 4 is 22.3 Å². The lowest BCUT2D eigenvalue weighted by atomic mass is 10.2. The molecule has 1 amide bonds. The molecule has 0 fully saturated rings. The number of carbonyl (C=O) groups is 2.